The molecule has 0 N–H and O–H groups in total. The van der Waals surface area contributed by atoms with E-state index < -0.39 is 0 Å². The van der Waals surface area contributed by atoms with Crippen molar-refractivity contribution in [2.75, 3.05) is 13.2 Å². The van der Waals surface area contributed by atoms with Crippen LogP contribution in [0.1, 0.15) is 44.8 Å². The summed E-state index contributed by atoms with van der Waals surface area (Å²) in [6, 6.07) is 10.4. The molecule has 0 saturated carbocycles. The van der Waals surface area contributed by atoms with Crippen LogP contribution >= 0.6 is 0 Å². The van der Waals surface area contributed by atoms with Crippen molar-refractivity contribution >= 4 is 0 Å². The van der Waals surface area contributed by atoms with Gasteiger partial charge in [-0.25, -0.2) is 0 Å². The highest BCUT2D eigenvalue weighted by Gasteiger charge is 2.34. The highest BCUT2D eigenvalue weighted by Crippen LogP contribution is 2.36. The number of rotatable bonds is 5. The van der Waals surface area contributed by atoms with Crippen molar-refractivity contribution in [3.05, 3.63) is 48.0 Å². The van der Waals surface area contributed by atoms with Gasteiger partial charge in [-0.15, -0.1) is 6.58 Å². The zero-order valence-corrected chi connectivity index (χ0v) is 12.0. The molecule has 1 saturated heterocycles. The zero-order chi connectivity index (χ0) is 13.7. The topological polar surface area (TPSA) is 18.5 Å². The molecule has 0 amide bonds. The molecule has 1 aliphatic rings. The van der Waals surface area contributed by atoms with Gasteiger partial charge >= 0.3 is 0 Å². The van der Waals surface area contributed by atoms with Crippen molar-refractivity contribution < 1.29 is 9.47 Å². The lowest BCUT2D eigenvalue weighted by Gasteiger charge is -2.38. The van der Waals surface area contributed by atoms with Crippen molar-refractivity contribution in [3.8, 4) is 0 Å². The second-order valence-corrected chi connectivity index (χ2v) is 5.73. The SMILES string of the molecule is C=C(C)CCOC1(C)CCOC(c2ccccc2)C1. The van der Waals surface area contributed by atoms with Crippen LogP contribution in [0.3, 0.4) is 0 Å². The normalized spacial score (nSPS) is 27.2. The van der Waals surface area contributed by atoms with Crippen LogP contribution in [0.25, 0.3) is 0 Å². The third-order valence-electron chi connectivity index (χ3n) is 3.72. The van der Waals surface area contributed by atoms with Gasteiger partial charge in [-0.3, -0.25) is 0 Å². The quantitative estimate of drug-likeness (QED) is 0.736. The molecular formula is C17H24O2. The Kier molecular flexibility index (Phi) is 4.78. The van der Waals surface area contributed by atoms with Gasteiger partial charge in [0.2, 0.25) is 0 Å². The fraction of sp³-hybridized carbons (Fsp3) is 0.529. The molecule has 1 heterocycles. The maximum atomic E-state index is 6.09. The summed E-state index contributed by atoms with van der Waals surface area (Å²) in [4.78, 5) is 0. The van der Waals surface area contributed by atoms with Crippen molar-refractivity contribution in [1.82, 2.24) is 0 Å². The minimum atomic E-state index is -0.0752. The number of hydrogen-bond donors (Lipinski definition) is 0. The predicted molar refractivity (Wildman–Crippen MR) is 78.2 cm³/mol. The molecule has 19 heavy (non-hydrogen) atoms. The maximum absolute atomic E-state index is 6.09. The van der Waals surface area contributed by atoms with Gasteiger partial charge < -0.3 is 9.47 Å². The standard InChI is InChI=1S/C17H24O2/c1-14(2)9-11-19-17(3)10-12-18-16(13-17)15-7-5-4-6-8-15/h4-8,16H,1,9-13H2,2-3H3. The van der Waals surface area contributed by atoms with E-state index in [1.54, 1.807) is 0 Å². The third-order valence-corrected chi connectivity index (χ3v) is 3.72. The second kappa shape index (κ2) is 6.36. The van der Waals surface area contributed by atoms with Crippen LogP contribution in [-0.4, -0.2) is 18.8 Å². The van der Waals surface area contributed by atoms with Crippen LogP contribution < -0.4 is 0 Å². The molecule has 1 aliphatic heterocycles. The Balaban J connectivity index is 1.94. The van der Waals surface area contributed by atoms with Crippen LogP contribution in [0.15, 0.2) is 42.5 Å². The first kappa shape index (κ1) is 14.3. The van der Waals surface area contributed by atoms with E-state index in [-0.39, 0.29) is 11.7 Å². The number of benzene rings is 1. The summed E-state index contributed by atoms with van der Waals surface area (Å²) < 4.78 is 12.0. The van der Waals surface area contributed by atoms with Crippen molar-refractivity contribution in [2.45, 2.75) is 44.8 Å². The molecule has 2 heteroatoms. The van der Waals surface area contributed by atoms with Gasteiger partial charge in [0.15, 0.2) is 0 Å². The minimum Gasteiger partial charge on any atom is -0.375 e. The first-order valence-corrected chi connectivity index (χ1v) is 7.04. The number of ether oxygens (including phenoxy) is 2. The molecule has 1 aromatic rings. The lowest BCUT2D eigenvalue weighted by atomic mass is 9.89. The first-order chi connectivity index (χ1) is 9.09. The van der Waals surface area contributed by atoms with Gasteiger partial charge in [0.1, 0.15) is 0 Å². The Morgan fingerprint density at radius 2 is 2.16 bits per heavy atom. The zero-order valence-electron chi connectivity index (χ0n) is 12.0. The molecule has 0 radical (unpaired) electrons. The van der Waals surface area contributed by atoms with Crippen LogP contribution in [-0.2, 0) is 9.47 Å². The van der Waals surface area contributed by atoms with Gasteiger partial charge in [-0.05, 0) is 32.3 Å². The third kappa shape index (κ3) is 4.19. The van der Waals surface area contributed by atoms with Gasteiger partial charge in [0.25, 0.3) is 0 Å². The molecule has 1 fully saturated rings. The van der Waals surface area contributed by atoms with E-state index in [4.69, 9.17) is 9.47 Å². The van der Waals surface area contributed by atoms with Crippen LogP contribution in [0.5, 0.6) is 0 Å². The summed E-state index contributed by atoms with van der Waals surface area (Å²) in [6.45, 7) is 9.69. The van der Waals surface area contributed by atoms with Crippen LogP contribution in [0.2, 0.25) is 0 Å². The van der Waals surface area contributed by atoms with Gasteiger partial charge in [0.05, 0.1) is 24.9 Å². The average Bonchev–Trinajstić information content (AvgIpc) is 2.39. The highest BCUT2D eigenvalue weighted by atomic mass is 16.5. The maximum Gasteiger partial charge on any atom is 0.0852 e. The summed E-state index contributed by atoms with van der Waals surface area (Å²) in [5.74, 6) is 0. The Morgan fingerprint density at radius 3 is 2.84 bits per heavy atom. The Labute approximate surface area is 116 Å². The largest absolute Gasteiger partial charge is 0.375 e. The molecule has 0 spiro atoms. The lowest BCUT2D eigenvalue weighted by molar-refractivity contribution is -0.130. The molecule has 1 aromatic carbocycles. The number of hydrogen-bond acceptors (Lipinski definition) is 2. The highest BCUT2D eigenvalue weighted by molar-refractivity contribution is 5.18. The monoisotopic (exact) mass is 260 g/mol. The minimum absolute atomic E-state index is 0.0752. The summed E-state index contributed by atoms with van der Waals surface area (Å²) in [5.41, 5.74) is 2.35. The molecule has 0 bridgehead atoms. The van der Waals surface area contributed by atoms with E-state index in [1.807, 2.05) is 13.0 Å². The summed E-state index contributed by atoms with van der Waals surface area (Å²) in [5, 5.41) is 0. The van der Waals surface area contributed by atoms with Gasteiger partial charge in [-0.1, -0.05) is 35.9 Å². The molecule has 0 aromatic heterocycles. The van der Waals surface area contributed by atoms with Crippen LogP contribution in [0, 0.1) is 0 Å². The molecule has 2 atom stereocenters. The second-order valence-electron chi connectivity index (χ2n) is 5.73. The Hall–Kier alpha value is -1.12. The van der Waals surface area contributed by atoms with E-state index in [0.29, 0.717) is 0 Å². The smallest absolute Gasteiger partial charge is 0.0852 e. The molecule has 0 aliphatic carbocycles. The van der Waals surface area contributed by atoms with Crippen molar-refractivity contribution in [2.24, 2.45) is 0 Å². The molecule has 2 rings (SSSR count). The molecule has 2 unspecified atom stereocenters. The van der Waals surface area contributed by atoms with Crippen molar-refractivity contribution in [1.29, 1.82) is 0 Å². The van der Waals surface area contributed by atoms with E-state index in [9.17, 15) is 0 Å². The molecular weight excluding hydrogens is 236 g/mol. The van der Waals surface area contributed by atoms with Gasteiger partial charge in [-0.2, -0.15) is 0 Å². The van der Waals surface area contributed by atoms with E-state index >= 15 is 0 Å². The molecule has 2 nitrogen and oxygen atoms in total. The Bertz CT molecular complexity index is 413. The van der Waals surface area contributed by atoms with Crippen LogP contribution in [0.4, 0.5) is 0 Å². The average molecular weight is 260 g/mol. The predicted octanol–water partition coefficient (Wildman–Crippen LogP) is 4.28. The van der Waals surface area contributed by atoms with E-state index in [2.05, 4.69) is 37.8 Å². The van der Waals surface area contributed by atoms with E-state index in [0.717, 1.165) is 32.5 Å². The van der Waals surface area contributed by atoms with Gasteiger partial charge in [0, 0.05) is 6.42 Å². The fourth-order valence-electron chi connectivity index (χ4n) is 2.45. The summed E-state index contributed by atoms with van der Waals surface area (Å²) >= 11 is 0. The fourth-order valence-corrected chi connectivity index (χ4v) is 2.45. The summed E-state index contributed by atoms with van der Waals surface area (Å²) in [6.07, 6.45) is 2.98. The summed E-state index contributed by atoms with van der Waals surface area (Å²) in [7, 11) is 0. The van der Waals surface area contributed by atoms with E-state index in [1.165, 1.54) is 11.1 Å². The Morgan fingerprint density at radius 1 is 1.42 bits per heavy atom. The molecule has 104 valence electrons. The lowest BCUT2D eigenvalue weighted by Crippen LogP contribution is -2.37. The first-order valence-electron chi connectivity index (χ1n) is 7.04. The van der Waals surface area contributed by atoms with Crippen molar-refractivity contribution in [3.63, 3.8) is 0 Å².